The fraction of sp³-hybridized carbons (Fsp3) is 0.250. The molecule has 2 N–H and O–H groups in total. The molecular formula is C32H27BrF3N3O5. The van der Waals surface area contributed by atoms with Crippen LogP contribution in [0.25, 0.3) is 21.9 Å². The van der Waals surface area contributed by atoms with Gasteiger partial charge in [0.15, 0.2) is 0 Å². The van der Waals surface area contributed by atoms with E-state index in [1.54, 1.807) is 0 Å². The van der Waals surface area contributed by atoms with Crippen LogP contribution in [-0.2, 0) is 22.7 Å². The van der Waals surface area contributed by atoms with Crippen molar-refractivity contribution in [2.24, 2.45) is 11.3 Å². The third kappa shape index (κ3) is 6.54. The quantitative estimate of drug-likeness (QED) is 0.185. The van der Waals surface area contributed by atoms with E-state index in [1.165, 1.54) is 0 Å². The van der Waals surface area contributed by atoms with Crippen LogP contribution in [0.4, 0.5) is 13.2 Å². The number of hydrogen-bond donors (Lipinski definition) is 2. The molecule has 1 saturated carbocycles. The molecule has 6 rings (SSSR count). The number of halogens is 4. The number of carbonyl (C=O) groups is 2. The Kier molecular flexibility index (Phi) is 8.39. The Labute approximate surface area is 258 Å². The molecular weight excluding hydrogens is 643 g/mol. The van der Waals surface area contributed by atoms with E-state index in [9.17, 15) is 23.1 Å². The lowest BCUT2D eigenvalue weighted by Gasteiger charge is -2.11. The predicted molar refractivity (Wildman–Crippen MR) is 160 cm³/mol. The van der Waals surface area contributed by atoms with E-state index in [0.29, 0.717) is 18.9 Å². The number of nitrogens with zero attached hydrogens (tertiary/aromatic N) is 3. The zero-order chi connectivity index (χ0) is 31.8. The molecule has 0 spiro atoms. The molecule has 228 valence electrons. The second-order valence-electron chi connectivity index (χ2n) is 11.0. The summed E-state index contributed by atoms with van der Waals surface area (Å²) in [5.41, 5.74) is 4.31. The van der Waals surface area contributed by atoms with E-state index >= 15 is 0 Å². The highest BCUT2D eigenvalue weighted by atomic mass is 79.9. The van der Waals surface area contributed by atoms with E-state index in [1.807, 2.05) is 74.5 Å². The van der Waals surface area contributed by atoms with Gasteiger partial charge in [-0.3, -0.25) is 4.79 Å². The van der Waals surface area contributed by atoms with Crippen molar-refractivity contribution in [3.63, 3.8) is 0 Å². The summed E-state index contributed by atoms with van der Waals surface area (Å²) in [7, 11) is 0. The summed E-state index contributed by atoms with van der Waals surface area (Å²) < 4.78 is 41.0. The first kappa shape index (κ1) is 31.0. The molecule has 1 aliphatic rings. The highest BCUT2D eigenvalue weighted by Crippen LogP contribution is 2.64. The Morgan fingerprint density at radius 3 is 2.27 bits per heavy atom. The largest absolute Gasteiger partial charge is 0.490 e. The standard InChI is InChI=1S/C30H26BrN3O3.C2HF3O2/c1-30(2)26(27(30)29(35)36)28-33-24-15-22(37-17-21-12-9-19-5-3-4-6-23(19)32-21)13-14-25(24)34(28)16-18-7-10-20(31)11-8-18;3-2(4,5)1(6)7/h3-15,26-27H,16-17H2,1-2H3,(H,35,36);(H,6,7)/t26-,27-;/m0./s1. The zero-order valence-corrected chi connectivity index (χ0v) is 25.1. The van der Waals surface area contributed by atoms with E-state index < -0.39 is 24.0 Å². The lowest BCUT2D eigenvalue weighted by atomic mass is 10.1. The van der Waals surface area contributed by atoms with E-state index in [0.717, 1.165) is 43.5 Å². The SMILES string of the molecule is CC1(C)[C@H](C(=O)O)[C@H]1c1nc2cc(OCc3ccc4ccccc4n3)ccc2n1Cc1ccc(Br)cc1.O=C(O)C(F)(F)F. The van der Waals surface area contributed by atoms with Crippen LogP contribution < -0.4 is 4.74 Å². The highest BCUT2D eigenvalue weighted by molar-refractivity contribution is 9.10. The van der Waals surface area contributed by atoms with Gasteiger partial charge in [-0.25, -0.2) is 14.8 Å². The summed E-state index contributed by atoms with van der Waals surface area (Å²) in [6.07, 6.45) is -5.08. The molecule has 0 bridgehead atoms. The van der Waals surface area contributed by atoms with Crippen LogP contribution in [0.2, 0.25) is 0 Å². The molecule has 3 aromatic carbocycles. The molecule has 0 saturated heterocycles. The van der Waals surface area contributed by atoms with Crippen molar-refractivity contribution >= 4 is 49.8 Å². The third-order valence-electron chi connectivity index (χ3n) is 7.66. The molecule has 8 nitrogen and oxygen atoms in total. The van der Waals surface area contributed by atoms with Crippen molar-refractivity contribution in [2.45, 2.75) is 39.1 Å². The number of alkyl halides is 3. The zero-order valence-electron chi connectivity index (χ0n) is 23.5. The Balaban J connectivity index is 0.000000493. The Hall–Kier alpha value is -4.45. The number of carboxylic acids is 2. The van der Waals surface area contributed by atoms with Crippen molar-refractivity contribution in [1.29, 1.82) is 0 Å². The van der Waals surface area contributed by atoms with Crippen LogP contribution in [0.1, 0.15) is 36.8 Å². The molecule has 2 heterocycles. The number of ether oxygens (including phenoxy) is 1. The maximum absolute atomic E-state index is 12.0. The second-order valence-corrected chi connectivity index (χ2v) is 12.0. The van der Waals surface area contributed by atoms with E-state index in [4.69, 9.17) is 24.6 Å². The number of fused-ring (bicyclic) bond motifs is 2. The molecule has 12 heteroatoms. The van der Waals surface area contributed by atoms with Crippen LogP contribution >= 0.6 is 15.9 Å². The number of pyridine rings is 1. The maximum Gasteiger partial charge on any atom is 0.490 e. The Bertz CT molecular complexity index is 1850. The average Bonchev–Trinajstić information content (AvgIpc) is 3.39. The minimum absolute atomic E-state index is 0.154. The summed E-state index contributed by atoms with van der Waals surface area (Å²) in [5, 5.41) is 18.0. The van der Waals surface area contributed by atoms with Crippen molar-refractivity contribution in [3.05, 3.63) is 100 Å². The molecule has 0 amide bonds. The third-order valence-corrected chi connectivity index (χ3v) is 8.19. The van der Waals surface area contributed by atoms with Crippen LogP contribution in [0.5, 0.6) is 5.75 Å². The van der Waals surface area contributed by atoms with Gasteiger partial charge in [-0.1, -0.05) is 66.2 Å². The van der Waals surface area contributed by atoms with Crippen molar-refractivity contribution < 1.29 is 37.7 Å². The fourth-order valence-corrected chi connectivity index (χ4v) is 5.58. The first-order chi connectivity index (χ1) is 20.8. The number of carboxylic acid groups (broad SMARTS) is 2. The number of benzene rings is 3. The minimum Gasteiger partial charge on any atom is -0.487 e. The van der Waals surface area contributed by atoms with Crippen molar-refractivity contribution in [3.8, 4) is 5.75 Å². The molecule has 1 aliphatic carbocycles. The summed E-state index contributed by atoms with van der Waals surface area (Å²) in [5.74, 6) is -2.63. The molecule has 44 heavy (non-hydrogen) atoms. The van der Waals surface area contributed by atoms with Gasteiger partial charge in [-0.05, 0) is 47.4 Å². The van der Waals surface area contributed by atoms with Crippen LogP contribution in [0.3, 0.4) is 0 Å². The lowest BCUT2D eigenvalue weighted by molar-refractivity contribution is -0.192. The smallest absolute Gasteiger partial charge is 0.487 e. The number of rotatable bonds is 7. The molecule has 0 aliphatic heterocycles. The van der Waals surface area contributed by atoms with Gasteiger partial charge in [0, 0.05) is 28.4 Å². The monoisotopic (exact) mass is 669 g/mol. The first-order valence-electron chi connectivity index (χ1n) is 13.5. The summed E-state index contributed by atoms with van der Waals surface area (Å²) >= 11 is 3.50. The fourth-order valence-electron chi connectivity index (χ4n) is 5.32. The van der Waals surface area contributed by atoms with Crippen molar-refractivity contribution in [1.82, 2.24) is 14.5 Å². The van der Waals surface area contributed by atoms with E-state index in [2.05, 4.69) is 38.7 Å². The van der Waals surface area contributed by atoms with Crippen LogP contribution in [0.15, 0.2) is 83.3 Å². The topological polar surface area (TPSA) is 115 Å². The van der Waals surface area contributed by atoms with Crippen molar-refractivity contribution in [2.75, 3.05) is 0 Å². The molecule has 0 unspecified atom stereocenters. The van der Waals surface area contributed by atoms with Gasteiger partial charge in [-0.2, -0.15) is 13.2 Å². The van der Waals surface area contributed by atoms with Crippen LogP contribution in [-0.4, -0.2) is 42.9 Å². The van der Waals surface area contributed by atoms with Gasteiger partial charge >= 0.3 is 18.1 Å². The minimum atomic E-state index is -5.08. The van der Waals surface area contributed by atoms with Gasteiger partial charge in [0.05, 0.1) is 28.2 Å². The second kappa shape index (κ2) is 11.9. The van der Waals surface area contributed by atoms with Gasteiger partial charge < -0.3 is 19.5 Å². The van der Waals surface area contributed by atoms with Gasteiger partial charge in [-0.15, -0.1) is 0 Å². The Morgan fingerprint density at radius 1 is 0.955 bits per heavy atom. The molecule has 0 radical (unpaired) electrons. The average molecular weight is 670 g/mol. The maximum atomic E-state index is 12.0. The first-order valence-corrected chi connectivity index (χ1v) is 14.3. The normalized spacial score (nSPS) is 17.1. The molecule has 1 fully saturated rings. The summed E-state index contributed by atoms with van der Waals surface area (Å²) in [6, 6.07) is 26.1. The summed E-state index contributed by atoms with van der Waals surface area (Å²) in [6.45, 7) is 4.97. The van der Waals surface area contributed by atoms with Gasteiger partial charge in [0.2, 0.25) is 0 Å². The highest BCUT2D eigenvalue weighted by Gasteiger charge is 2.64. The number of aromatic nitrogens is 3. The number of hydrogen-bond acceptors (Lipinski definition) is 5. The van der Waals surface area contributed by atoms with E-state index in [-0.39, 0.29) is 11.3 Å². The Morgan fingerprint density at radius 2 is 1.64 bits per heavy atom. The number of aliphatic carboxylic acids is 2. The number of imidazole rings is 1. The predicted octanol–water partition coefficient (Wildman–Crippen LogP) is 7.43. The summed E-state index contributed by atoms with van der Waals surface area (Å²) in [4.78, 5) is 30.5. The number of para-hydroxylation sites is 1. The molecule has 5 aromatic rings. The van der Waals surface area contributed by atoms with Crippen LogP contribution in [0, 0.1) is 11.3 Å². The molecule has 2 atom stereocenters. The van der Waals surface area contributed by atoms with Gasteiger partial charge in [0.1, 0.15) is 18.2 Å². The lowest BCUT2D eigenvalue weighted by Crippen LogP contribution is -2.21. The van der Waals surface area contributed by atoms with Gasteiger partial charge in [0.25, 0.3) is 0 Å². The molecule has 2 aromatic heterocycles.